The molecule has 7 nitrogen and oxygen atoms in total. The van der Waals surface area contributed by atoms with E-state index in [1.165, 1.54) is 19.3 Å². The van der Waals surface area contributed by atoms with Crippen LogP contribution < -0.4 is 10.6 Å². The number of halogens is 1. The van der Waals surface area contributed by atoms with Crippen molar-refractivity contribution in [3.63, 3.8) is 0 Å². The van der Waals surface area contributed by atoms with E-state index in [1.807, 2.05) is 6.92 Å². The van der Waals surface area contributed by atoms with Gasteiger partial charge in [0.1, 0.15) is 11.6 Å². The lowest BCUT2D eigenvalue weighted by atomic mass is 9.95. The first-order valence-corrected chi connectivity index (χ1v) is 12.9. The Bertz CT molecular complexity index is 695. The van der Waals surface area contributed by atoms with Crippen molar-refractivity contribution in [1.29, 1.82) is 0 Å². The van der Waals surface area contributed by atoms with E-state index >= 15 is 0 Å². The van der Waals surface area contributed by atoms with Crippen molar-refractivity contribution in [3.8, 4) is 0 Å². The maximum absolute atomic E-state index is 12.2. The SMILES string of the molecule is CCNC(=NCCCc1nnc2n1CCCCC2)NC1CCCC(S(=O)CC)C1.I. The molecule has 0 aromatic carbocycles. The summed E-state index contributed by atoms with van der Waals surface area (Å²) in [5.74, 6) is 3.93. The summed E-state index contributed by atoms with van der Waals surface area (Å²) in [6, 6.07) is 0.370. The predicted octanol–water partition coefficient (Wildman–Crippen LogP) is 3.19. The van der Waals surface area contributed by atoms with Gasteiger partial charge in [-0.3, -0.25) is 9.20 Å². The van der Waals surface area contributed by atoms with Gasteiger partial charge < -0.3 is 15.2 Å². The Morgan fingerprint density at radius 2 is 2.07 bits per heavy atom. The van der Waals surface area contributed by atoms with Crippen LogP contribution in [0.3, 0.4) is 0 Å². The lowest BCUT2D eigenvalue weighted by molar-refractivity contribution is 0.413. The van der Waals surface area contributed by atoms with Crippen LogP contribution in [-0.2, 0) is 30.2 Å². The highest BCUT2D eigenvalue weighted by Crippen LogP contribution is 2.23. The molecule has 3 atom stereocenters. The molecule has 0 amide bonds. The standard InChI is InChI=1S/C21H38N6OS.HI/c1-3-22-21(24-17-10-8-11-18(16-17)29(28)4-2)23-14-9-13-20-26-25-19-12-6-5-7-15-27(19)20;/h17-18H,3-16H2,1-2H3,(H2,22,23,24);1H. The van der Waals surface area contributed by atoms with E-state index in [4.69, 9.17) is 4.99 Å². The smallest absolute Gasteiger partial charge is 0.191 e. The van der Waals surface area contributed by atoms with Gasteiger partial charge in [0.05, 0.1) is 0 Å². The normalized spacial score (nSPS) is 23.1. The van der Waals surface area contributed by atoms with E-state index in [2.05, 4.69) is 32.3 Å². The summed E-state index contributed by atoms with van der Waals surface area (Å²) in [7, 11) is -0.695. The summed E-state index contributed by atoms with van der Waals surface area (Å²) >= 11 is 0. The van der Waals surface area contributed by atoms with Gasteiger partial charge in [0.2, 0.25) is 0 Å². The summed E-state index contributed by atoms with van der Waals surface area (Å²) in [6.07, 6.45) is 11.1. The molecule has 0 saturated heterocycles. The Kier molecular flexibility index (Phi) is 11.6. The Labute approximate surface area is 201 Å². The van der Waals surface area contributed by atoms with Gasteiger partial charge in [-0.2, -0.15) is 0 Å². The van der Waals surface area contributed by atoms with Crippen molar-refractivity contribution in [1.82, 2.24) is 25.4 Å². The zero-order valence-corrected chi connectivity index (χ0v) is 21.7. The Hall–Kier alpha value is -0.710. The maximum Gasteiger partial charge on any atom is 0.191 e. The van der Waals surface area contributed by atoms with Gasteiger partial charge in [0, 0.05) is 60.3 Å². The lowest BCUT2D eigenvalue weighted by Crippen LogP contribution is -2.46. The second-order valence-corrected chi connectivity index (χ2v) is 10.2. The van der Waals surface area contributed by atoms with Crippen LogP contribution in [0, 0.1) is 0 Å². The second-order valence-electron chi connectivity index (χ2n) is 8.16. The molecule has 2 aliphatic rings. The van der Waals surface area contributed by atoms with Gasteiger partial charge in [0.25, 0.3) is 0 Å². The summed E-state index contributed by atoms with van der Waals surface area (Å²) in [5, 5.41) is 16.1. The highest BCUT2D eigenvalue weighted by Gasteiger charge is 2.26. The third kappa shape index (κ3) is 7.46. The number of hydrogen-bond donors (Lipinski definition) is 2. The number of aromatic nitrogens is 3. The molecule has 1 aromatic rings. The van der Waals surface area contributed by atoms with E-state index < -0.39 is 10.8 Å². The summed E-state index contributed by atoms with van der Waals surface area (Å²) in [4.78, 5) is 4.79. The van der Waals surface area contributed by atoms with E-state index in [1.54, 1.807) is 0 Å². The first-order valence-electron chi connectivity index (χ1n) is 11.5. The molecule has 9 heteroatoms. The van der Waals surface area contributed by atoms with E-state index in [-0.39, 0.29) is 24.0 Å². The first kappa shape index (κ1) is 25.5. The van der Waals surface area contributed by atoms with Gasteiger partial charge >= 0.3 is 0 Å². The fourth-order valence-electron chi connectivity index (χ4n) is 4.42. The molecular formula is C21H39IN6OS. The van der Waals surface area contributed by atoms with Crippen molar-refractivity contribution in [2.45, 2.75) is 95.9 Å². The maximum atomic E-state index is 12.2. The van der Waals surface area contributed by atoms with Crippen molar-refractivity contribution in [3.05, 3.63) is 11.6 Å². The summed E-state index contributed by atoms with van der Waals surface area (Å²) in [5.41, 5.74) is 0. The molecule has 3 unspecified atom stereocenters. The Balaban J connectivity index is 0.00000320. The highest BCUT2D eigenvalue weighted by atomic mass is 127. The fourth-order valence-corrected chi connectivity index (χ4v) is 5.77. The zero-order valence-electron chi connectivity index (χ0n) is 18.6. The molecule has 1 aliphatic heterocycles. The molecule has 1 aliphatic carbocycles. The third-order valence-corrected chi connectivity index (χ3v) is 7.72. The zero-order chi connectivity index (χ0) is 20.5. The number of nitrogens with zero attached hydrogens (tertiary/aromatic N) is 4. The van der Waals surface area contributed by atoms with Gasteiger partial charge in [0.15, 0.2) is 5.96 Å². The van der Waals surface area contributed by atoms with E-state index in [0.717, 1.165) is 87.9 Å². The van der Waals surface area contributed by atoms with Gasteiger partial charge in [-0.25, -0.2) is 0 Å². The van der Waals surface area contributed by atoms with Crippen LogP contribution in [0.4, 0.5) is 0 Å². The van der Waals surface area contributed by atoms with Crippen LogP contribution in [-0.4, -0.2) is 55.1 Å². The summed E-state index contributed by atoms with van der Waals surface area (Å²) in [6.45, 7) is 6.80. The Morgan fingerprint density at radius 1 is 1.20 bits per heavy atom. The third-order valence-electron chi connectivity index (χ3n) is 5.98. The minimum Gasteiger partial charge on any atom is -0.357 e. The predicted molar refractivity (Wildman–Crippen MR) is 135 cm³/mol. The minimum absolute atomic E-state index is 0. The fraction of sp³-hybridized carbons (Fsp3) is 0.857. The van der Waals surface area contributed by atoms with E-state index in [0.29, 0.717) is 11.3 Å². The van der Waals surface area contributed by atoms with Crippen LogP contribution >= 0.6 is 24.0 Å². The van der Waals surface area contributed by atoms with Crippen LogP contribution in [0.1, 0.15) is 76.9 Å². The molecule has 0 spiro atoms. The van der Waals surface area contributed by atoms with Gasteiger partial charge in [-0.1, -0.05) is 19.8 Å². The monoisotopic (exact) mass is 550 g/mol. The molecule has 172 valence electrons. The lowest BCUT2D eigenvalue weighted by Gasteiger charge is -2.30. The van der Waals surface area contributed by atoms with Crippen molar-refractivity contribution in [2.24, 2.45) is 4.99 Å². The minimum atomic E-state index is -0.695. The molecule has 3 rings (SSSR count). The molecule has 2 heterocycles. The molecule has 0 radical (unpaired) electrons. The van der Waals surface area contributed by atoms with Crippen molar-refractivity contribution in [2.75, 3.05) is 18.8 Å². The topological polar surface area (TPSA) is 84.2 Å². The largest absolute Gasteiger partial charge is 0.357 e. The van der Waals surface area contributed by atoms with Crippen LogP contribution in [0.25, 0.3) is 0 Å². The number of aliphatic imine (C=N–C) groups is 1. The van der Waals surface area contributed by atoms with Gasteiger partial charge in [-0.05, 0) is 45.4 Å². The number of aryl methyl sites for hydroxylation is 2. The highest BCUT2D eigenvalue weighted by molar-refractivity contribution is 14.0. The van der Waals surface area contributed by atoms with Crippen molar-refractivity contribution >= 4 is 40.7 Å². The number of fused-ring (bicyclic) bond motifs is 1. The molecular weight excluding hydrogens is 511 g/mol. The molecule has 1 aromatic heterocycles. The van der Waals surface area contributed by atoms with Gasteiger partial charge in [-0.15, -0.1) is 34.2 Å². The molecule has 1 fully saturated rings. The number of rotatable bonds is 8. The number of hydrogen-bond acceptors (Lipinski definition) is 4. The van der Waals surface area contributed by atoms with E-state index in [9.17, 15) is 4.21 Å². The second kappa shape index (κ2) is 13.6. The molecule has 30 heavy (non-hydrogen) atoms. The Morgan fingerprint density at radius 3 is 2.87 bits per heavy atom. The van der Waals surface area contributed by atoms with Crippen molar-refractivity contribution < 1.29 is 4.21 Å². The van der Waals surface area contributed by atoms with Crippen LogP contribution in [0.5, 0.6) is 0 Å². The molecule has 2 N–H and O–H groups in total. The first-order chi connectivity index (χ1) is 14.2. The number of nitrogens with one attached hydrogen (secondary N) is 2. The molecule has 0 bridgehead atoms. The quantitative estimate of drug-likeness (QED) is 0.225. The average molecular weight is 551 g/mol. The number of guanidine groups is 1. The van der Waals surface area contributed by atoms with Crippen LogP contribution in [0.2, 0.25) is 0 Å². The molecule has 1 saturated carbocycles. The average Bonchev–Trinajstić information content (AvgIpc) is 2.96. The van der Waals surface area contributed by atoms with Crippen LogP contribution in [0.15, 0.2) is 4.99 Å². The summed E-state index contributed by atoms with van der Waals surface area (Å²) < 4.78 is 14.5.